The molecule has 1 aromatic carbocycles. The first-order valence-electron chi connectivity index (χ1n) is 5.80. The average molecular weight is 214 g/mol. The van der Waals surface area contributed by atoms with Crippen molar-refractivity contribution in [1.82, 2.24) is 0 Å². The Hall–Kier alpha value is -1.37. The van der Waals surface area contributed by atoms with Crippen LogP contribution in [-0.4, -0.2) is 6.29 Å². The highest BCUT2D eigenvalue weighted by Gasteiger charge is 2.33. The Labute approximate surface area is 97.2 Å². The van der Waals surface area contributed by atoms with E-state index in [0.717, 1.165) is 11.8 Å². The molecular weight excluding hydrogens is 196 g/mol. The smallest absolute Gasteiger partial charge is 0.150 e. The third kappa shape index (κ3) is 1.60. The molecule has 0 spiro atoms. The predicted molar refractivity (Wildman–Crippen MR) is 66.8 cm³/mol. The van der Waals surface area contributed by atoms with Crippen LogP contribution in [0.3, 0.4) is 0 Å². The minimum Gasteiger partial charge on any atom is -0.298 e. The molecule has 0 saturated heterocycles. The van der Waals surface area contributed by atoms with Gasteiger partial charge in [0.05, 0.1) is 0 Å². The van der Waals surface area contributed by atoms with Crippen molar-refractivity contribution < 1.29 is 4.79 Å². The first kappa shape index (κ1) is 11.1. The fourth-order valence-corrected chi connectivity index (χ4v) is 2.57. The molecule has 0 bridgehead atoms. The molecule has 0 heterocycles. The minimum absolute atomic E-state index is 0.172. The van der Waals surface area contributed by atoms with E-state index in [-0.39, 0.29) is 5.41 Å². The van der Waals surface area contributed by atoms with E-state index < -0.39 is 0 Å². The van der Waals surface area contributed by atoms with Crippen LogP contribution in [0.25, 0.3) is 0 Å². The van der Waals surface area contributed by atoms with Gasteiger partial charge in [-0.25, -0.2) is 0 Å². The second-order valence-electron chi connectivity index (χ2n) is 4.98. The summed E-state index contributed by atoms with van der Waals surface area (Å²) in [7, 11) is 0. The summed E-state index contributed by atoms with van der Waals surface area (Å²) in [5, 5.41) is 0. The van der Waals surface area contributed by atoms with Gasteiger partial charge in [0.2, 0.25) is 0 Å². The first-order chi connectivity index (χ1) is 7.58. The summed E-state index contributed by atoms with van der Waals surface area (Å²) in [6.07, 6.45) is 3.28. The lowest BCUT2D eigenvalue weighted by Crippen LogP contribution is -2.19. The third-order valence-electron chi connectivity index (χ3n) is 4.15. The molecule has 0 radical (unpaired) electrons. The molecule has 1 aliphatic rings. The number of hydrogen-bond donors (Lipinski definition) is 0. The summed E-state index contributed by atoms with van der Waals surface area (Å²) >= 11 is 0. The molecule has 1 nitrogen and oxygen atoms in total. The zero-order valence-corrected chi connectivity index (χ0v) is 10.2. The molecular formula is C15H18O. The van der Waals surface area contributed by atoms with E-state index in [9.17, 15) is 4.79 Å². The summed E-state index contributed by atoms with van der Waals surface area (Å²) in [5.74, 6) is 0. The van der Waals surface area contributed by atoms with Crippen molar-refractivity contribution in [1.29, 1.82) is 0 Å². The van der Waals surface area contributed by atoms with Crippen molar-refractivity contribution in [3.63, 3.8) is 0 Å². The summed E-state index contributed by atoms with van der Waals surface area (Å²) in [6, 6.07) is 8.00. The number of allylic oxidation sites excluding steroid dienone is 2. The van der Waals surface area contributed by atoms with Gasteiger partial charge in [0, 0.05) is 11.0 Å². The van der Waals surface area contributed by atoms with Gasteiger partial charge in [-0.1, -0.05) is 42.3 Å². The highest BCUT2D eigenvalue weighted by molar-refractivity contribution is 5.74. The first-order valence-corrected chi connectivity index (χ1v) is 5.80. The average Bonchev–Trinajstić information content (AvgIpc) is 2.59. The van der Waals surface area contributed by atoms with E-state index in [2.05, 4.69) is 32.9 Å². The lowest BCUT2D eigenvalue weighted by atomic mass is 9.77. The Morgan fingerprint density at radius 1 is 1.19 bits per heavy atom. The maximum Gasteiger partial charge on any atom is 0.150 e. The Morgan fingerprint density at radius 3 is 2.25 bits per heavy atom. The molecule has 2 rings (SSSR count). The zero-order chi connectivity index (χ0) is 11.8. The quantitative estimate of drug-likeness (QED) is 0.539. The highest BCUT2D eigenvalue weighted by atomic mass is 16.1. The zero-order valence-electron chi connectivity index (χ0n) is 10.2. The van der Waals surface area contributed by atoms with Crippen molar-refractivity contribution in [2.24, 2.45) is 0 Å². The number of carbonyl (C=O) groups is 1. The van der Waals surface area contributed by atoms with E-state index in [1.54, 1.807) is 0 Å². The van der Waals surface area contributed by atoms with Crippen molar-refractivity contribution in [3.8, 4) is 0 Å². The SMILES string of the molecule is CC1=C(C)[C@@](C)(c2ccc(C=O)cc2)CC1. The summed E-state index contributed by atoms with van der Waals surface area (Å²) in [6.45, 7) is 6.76. The van der Waals surface area contributed by atoms with Crippen LogP contribution < -0.4 is 0 Å². The second kappa shape index (κ2) is 3.89. The molecule has 0 saturated carbocycles. The number of carbonyl (C=O) groups excluding carboxylic acids is 1. The van der Waals surface area contributed by atoms with Gasteiger partial charge in [-0.2, -0.15) is 0 Å². The molecule has 16 heavy (non-hydrogen) atoms. The normalized spacial score (nSPS) is 24.9. The molecule has 1 aliphatic carbocycles. The van der Waals surface area contributed by atoms with E-state index in [1.807, 2.05) is 12.1 Å². The van der Waals surface area contributed by atoms with Gasteiger partial charge in [-0.3, -0.25) is 4.79 Å². The van der Waals surface area contributed by atoms with Gasteiger partial charge < -0.3 is 0 Å². The predicted octanol–water partition coefficient (Wildman–Crippen LogP) is 3.89. The molecule has 0 unspecified atom stereocenters. The molecule has 0 amide bonds. The van der Waals surface area contributed by atoms with Crippen LogP contribution in [-0.2, 0) is 5.41 Å². The van der Waals surface area contributed by atoms with E-state index >= 15 is 0 Å². The van der Waals surface area contributed by atoms with Gasteiger partial charge in [-0.15, -0.1) is 0 Å². The number of benzene rings is 1. The van der Waals surface area contributed by atoms with Crippen molar-refractivity contribution in [3.05, 3.63) is 46.5 Å². The summed E-state index contributed by atoms with van der Waals surface area (Å²) in [5.41, 5.74) is 5.26. The Bertz CT molecular complexity index is 439. The number of hydrogen-bond acceptors (Lipinski definition) is 1. The van der Waals surface area contributed by atoms with Crippen LogP contribution in [0.4, 0.5) is 0 Å². The minimum atomic E-state index is 0.172. The van der Waals surface area contributed by atoms with Crippen LogP contribution in [0.1, 0.15) is 49.5 Å². The molecule has 0 aromatic heterocycles. The summed E-state index contributed by atoms with van der Waals surface area (Å²) < 4.78 is 0. The van der Waals surface area contributed by atoms with E-state index in [4.69, 9.17) is 0 Å². The van der Waals surface area contributed by atoms with Gasteiger partial charge in [0.1, 0.15) is 6.29 Å². The maximum absolute atomic E-state index is 10.6. The molecule has 84 valence electrons. The fourth-order valence-electron chi connectivity index (χ4n) is 2.57. The largest absolute Gasteiger partial charge is 0.298 e. The van der Waals surface area contributed by atoms with Crippen LogP contribution in [0.5, 0.6) is 0 Å². The van der Waals surface area contributed by atoms with Crippen molar-refractivity contribution >= 4 is 6.29 Å². The van der Waals surface area contributed by atoms with Crippen LogP contribution in [0.15, 0.2) is 35.4 Å². The van der Waals surface area contributed by atoms with Crippen molar-refractivity contribution in [2.75, 3.05) is 0 Å². The Kier molecular flexibility index (Phi) is 2.71. The lowest BCUT2D eigenvalue weighted by Gasteiger charge is -2.27. The summed E-state index contributed by atoms with van der Waals surface area (Å²) in [4.78, 5) is 10.6. The Balaban J connectivity index is 2.41. The number of rotatable bonds is 2. The molecule has 0 N–H and O–H groups in total. The van der Waals surface area contributed by atoms with Gasteiger partial charge in [0.25, 0.3) is 0 Å². The molecule has 1 aromatic rings. The van der Waals surface area contributed by atoms with E-state index in [0.29, 0.717) is 0 Å². The standard InChI is InChI=1S/C15H18O/c1-11-8-9-15(3,12(11)2)14-6-4-13(10-16)5-7-14/h4-7,10H,8-9H2,1-3H3/t15-/m0/s1. The monoisotopic (exact) mass is 214 g/mol. The Morgan fingerprint density at radius 2 is 1.81 bits per heavy atom. The van der Waals surface area contributed by atoms with Gasteiger partial charge >= 0.3 is 0 Å². The van der Waals surface area contributed by atoms with Crippen molar-refractivity contribution in [2.45, 2.75) is 39.0 Å². The van der Waals surface area contributed by atoms with Crippen LogP contribution in [0.2, 0.25) is 0 Å². The van der Waals surface area contributed by atoms with Crippen LogP contribution in [0, 0.1) is 0 Å². The maximum atomic E-state index is 10.6. The second-order valence-corrected chi connectivity index (χ2v) is 4.98. The molecule has 0 aliphatic heterocycles. The lowest BCUT2D eigenvalue weighted by molar-refractivity contribution is 0.112. The van der Waals surface area contributed by atoms with Gasteiger partial charge in [0.15, 0.2) is 0 Å². The third-order valence-corrected chi connectivity index (χ3v) is 4.15. The fraction of sp³-hybridized carbons (Fsp3) is 0.400. The molecule has 0 fully saturated rings. The highest BCUT2D eigenvalue weighted by Crippen LogP contribution is 2.44. The topological polar surface area (TPSA) is 17.1 Å². The molecule has 1 heteroatoms. The van der Waals surface area contributed by atoms with E-state index in [1.165, 1.54) is 29.6 Å². The van der Waals surface area contributed by atoms with Crippen LogP contribution >= 0.6 is 0 Å². The van der Waals surface area contributed by atoms with Gasteiger partial charge in [-0.05, 0) is 32.3 Å². The molecule has 1 atom stereocenters. The number of aldehydes is 1.